The van der Waals surface area contributed by atoms with E-state index >= 15 is 0 Å². The lowest BCUT2D eigenvalue weighted by molar-refractivity contribution is 0.295. The molecule has 1 N–H and O–H groups in total. The van der Waals surface area contributed by atoms with Gasteiger partial charge < -0.3 is 15.1 Å². The van der Waals surface area contributed by atoms with Gasteiger partial charge in [-0.05, 0) is 26.1 Å². The highest BCUT2D eigenvalue weighted by atomic mass is 127. The normalized spacial score (nSPS) is 12.7. The standard InChI is InChI=1S/C17H30N4.HI/c1-6-7-13-21(5)17(18-2)19-14-16(20(3)4)15-11-9-8-10-12-15;/h8-12,16H,6-7,13-14H2,1-5H3,(H,18,19);1H. The maximum absolute atomic E-state index is 4.38. The van der Waals surface area contributed by atoms with Crippen LogP contribution in [0.5, 0.6) is 0 Å². The van der Waals surface area contributed by atoms with E-state index in [1.54, 1.807) is 0 Å². The highest BCUT2D eigenvalue weighted by Crippen LogP contribution is 2.16. The molecule has 0 heterocycles. The highest BCUT2D eigenvalue weighted by molar-refractivity contribution is 14.0. The Balaban J connectivity index is 0.00000441. The van der Waals surface area contributed by atoms with Gasteiger partial charge in [-0.2, -0.15) is 0 Å². The molecule has 0 aliphatic heterocycles. The van der Waals surface area contributed by atoms with E-state index in [1.807, 2.05) is 7.05 Å². The molecule has 0 fully saturated rings. The van der Waals surface area contributed by atoms with E-state index in [0.29, 0.717) is 6.04 Å². The molecule has 0 saturated carbocycles. The van der Waals surface area contributed by atoms with E-state index in [1.165, 1.54) is 18.4 Å². The summed E-state index contributed by atoms with van der Waals surface area (Å²) in [7, 11) is 8.17. The van der Waals surface area contributed by atoms with Crippen LogP contribution in [0.2, 0.25) is 0 Å². The largest absolute Gasteiger partial charge is 0.354 e. The fourth-order valence-corrected chi connectivity index (χ4v) is 2.35. The maximum atomic E-state index is 4.38. The first-order valence-corrected chi connectivity index (χ1v) is 7.73. The van der Waals surface area contributed by atoms with Crippen LogP contribution >= 0.6 is 24.0 Å². The van der Waals surface area contributed by atoms with Gasteiger partial charge in [0.25, 0.3) is 0 Å². The Morgan fingerprint density at radius 2 is 1.82 bits per heavy atom. The maximum Gasteiger partial charge on any atom is 0.193 e. The Labute approximate surface area is 153 Å². The van der Waals surface area contributed by atoms with Crippen molar-refractivity contribution in [3.63, 3.8) is 0 Å². The van der Waals surface area contributed by atoms with Crippen LogP contribution in [0.3, 0.4) is 0 Å². The minimum atomic E-state index is 0. The number of nitrogens with zero attached hydrogens (tertiary/aromatic N) is 3. The Kier molecular flexibility index (Phi) is 11.3. The SMILES string of the molecule is CCCCN(C)C(=NC)NCC(c1ccccc1)N(C)C.I. The van der Waals surface area contributed by atoms with E-state index < -0.39 is 0 Å². The van der Waals surface area contributed by atoms with E-state index in [9.17, 15) is 0 Å². The topological polar surface area (TPSA) is 30.9 Å². The summed E-state index contributed by atoms with van der Waals surface area (Å²) in [5.74, 6) is 0.964. The summed E-state index contributed by atoms with van der Waals surface area (Å²) < 4.78 is 0. The van der Waals surface area contributed by atoms with Crippen molar-refractivity contribution in [1.82, 2.24) is 15.1 Å². The van der Waals surface area contributed by atoms with Crippen LogP contribution in [0.15, 0.2) is 35.3 Å². The molecule has 1 aromatic carbocycles. The zero-order valence-corrected chi connectivity index (χ0v) is 16.9. The summed E-state index contributed by atoms with van der Waals surface area (Å²) in [5.41, 5.74) is 1.32. The summed E-state index contributed by atoms with van der Waals surface area (Å²) in [4.78, 5) is 8.81. The third-order valence-corrected chi connectivity index (χ3v) is 3.68. The lowest BCUT2D eigenvalue weighted by Crippen LogP contribution is -2.43. The summed E-state index contributed by atoms with van der Waals surface area (Å²) >= 11 is 0. The zero-order chi connectivity index (χ0) is 15.7. The molecule has 0 aromatic heterocycles. The molecule has 0 aliphatic rings. The van der Waals surface area contributed by atoms with E-state index in [2.05, 4.69) is 78.5 Å². The number of unbranched alkanes of at least 4 members (excludes halogenated alkanes) is 1. The van der Waals surface area contributed by atoms with Gasteiger partial charge >= 0.3 is 0 Å². The molecule has 5 heteroatoms. The molecule has 1 aromatic rings. The quantitative estimate of drug-likeness (QED) is 0.419. The van der Waals surface area contributed by atoms with Crippen LogP contribution in [-0.2, 0) is 0 Å². The predicted molar refractivity (Wildman–Crippen MR) is 107 cm³/mol. The Hall–Kier alpha value is -0.820. The Morgan fingerprint density at radius 3 is 2.32 bits per heavy atom. The fourth-order valence-electron chi connectivity index (χ4n) is 2.35. The molecule has 0 spiro atoms. The molecule has 4 nitrogen and oxygen atoms in total. The molecule has 0 bridgehead atoms. The molecule has 1 atom stereocenters. The van der Waals surface area contributed by atoms with Gasteiger partial charge in [0.15, 0.2) is 5.96 Å². The Bertz CT molecular complexity index is 420. The second-order valence-corrected chi connectivity index (χ2v) is 5.59. The smallest absolute Gasteiger partial charge is 0.193 e. The molecule has 0 radical (unpaired) electrons. The van der Waals surface area contributed by atoms with Crippen molar-refractivity contribution >= 4 is 29.9 Å². The molecule has 0 amide bonds. The summed E-state index contributed by atoms with van der Waals surface area (Å²) in [6, 6.07) is 10.9. The number of guanidine groups is 1. The molecule has 0 aliphatic carbocycles. The molecular formula is C17H31IN4. The van der Waals surface area contributed by atoms with E-state index in [0.717, 1.165) is 19.0 Å². The highest BCUT2D eigenvalue weighted by Gasteiger charge is 2.15. The van der Waals surface area contributed by atoms with Gasteiger partial charge in [0, 0.05) is 27.2 Å². The van der Waals surface area contributed by atoms with Crippen molar-refractivity contribution in [2.45, 2.75) is 25.8 Å². The number of hydrogen-bond donors (Lipinski definition) is 1. The average molecular weight is 418 g/mol. The number of benzene rings is 1. The van der Waals surface area contributed by atoms with Gasteiger partial charge in [0.05, 0.1) is 6.04 Å². The summed E-state index contributed by atoms with van der Waals surface area (Å²) in [6.45, 7) is 4.09. The van der Waals surface area contributed by atoms with Gasteiger partial charge in [0.2, 0.25) is 0 Å². The molecule has 1 unspecified atom stereocenters. The Morgan fingerprint density at radius 1 is 1.18 bits per heavy atom. The molecule has 22 heavy (non-hydrogen) atoms. The zero-order valence-electron chi connectivity index (χ0n) is 14.5. The van der Waals surface area contributed by atoms with E-state index in [-0.39, 0.29) is 24.0 Å². The van der Waals surface area contributed by atoms with Crippen LogP contribution in [0.4, 0.5) is 0 Å². The van der Waals surface area contributed by atoms with Crippen molar-refractivity contribution in [1.29, 1.82) is 0 Å². The van der Waals surface area contributed by atoms with E-state index in [4.69, 9.17) is 0 Å². The minimum Gasteiger partial charge on any atom is -0.354 e. The number of likely N-dealkylation sites (N-methyl/N-ethyl adjacent to an activating group) is 1. The lowest BCUT2D eigenvalue weighted by Gasteiger charge is -2.28. The van der Waals surface area contributed by atoms with Crippen molar-refractivity contribution in [3.8, 4) is 0 Å². The molecule has 1 rings (SSSR count). The monoisotopic (exact) mass is 418 g/mol. The first-order valence-electron chi connectivity index (χ1n) is 7.73. The van der Waals surface area contributed by atoms with Gasteiger partial charge in [-0.25, -0.2) is 0 Å². The van der Waals surface area contributed by atoms with Crippen molar-refractivity contribution in [2.24, 2.45) is 4.99 Å². The second-order valence-electron chi connectivity index (χ2n) is 5.59. The van der Waals surface area contributed by atoms with Gasteiger partial charge in [-0.1, -0.05) is 43.7 Å². The number of aliphatic imine (C=N–C) groups is 1. The lowest BCUT2D eigenvalue weighted by atomic mass is 10.1. The van der Waals surface area contributed by atoms with Crippen LogP contribution < -0.4 is 5.32 Å². The molecule has 0 saturated heterocycles. The third kappa shape index (κ3) is 6.96. The van der Waals surface area contributed by atoms with Crippen LogP contribution in [0.25, 0.3) is 0 Å². The van der Waals surface area contributed by atoms with Crippen LogP contribution in [0.1, 0.15) is 31.4 Å². The number of hydrogen-bond acceptors (Lipinski definition) is 2. The molecule has 126 valence electrons. The number of rotatable bonds is 7. The molecular weight excluding hydrogens is 387 g/mol. The number of nitrogens with one attached hydrogen (secondary N) is 1. The predicted octanol–water partition coefficient (Wildman–Crippen LogP) is 3.21. The van der Waals surface area contributed by atoms with Crippen molar-refractivity contribution in [2.75, 3.05) is 41.3 Å². The first-order chi connectivity index (χ1) is 10.1. The van der Waals surface area contributed by atoms with Crippen molar-refractivity contribution in [3.05, 3.63) is 35.9 Å². The van der Waals surface area contributed by atoms with Crippen LogP contribution in [0, 0.1) is 0 Å². The summed E-state index contributed by atoms with van der Waals surface area (Å²) in [6.07, 6.45) is 2.39. The van der Waals surface area contributed by atoms with Gasteiger partial charge in [0.1, 0.15) is 0 Å². The average Bonchev–Trinajstić information content (AvgIpc) is 2.49. The minimum absolute atomic E-state index is 0. The van der Waals surface area contributed by atoms with Gasteiger partial charge in [-0.15, -0.1) is 24.0 Å². The third-order valence-electron chi connectivity index (χ3n) is 3.68. The fraction of sp³-hybridized carbons (Fsp3) is 0.588. The summed E-state index contributed by atoms with van der Waals surface area (Å²) in [5, 5.41) is 3.49. The van der Waals surface area contributed by atoms with Crippen LogP contribution in [-0.4, -0.2) is 57.0 Å². The number of halogens is 1. The second kappa shape index (κ2) is 11.7. The van der Waals surface area contributed by atoms with Gasteiger partial charge in [-0.3, -0.25) is 4.99 Å². The first kappa shape index (κ1) is 21.2. The van der Waals surface area contributed by atoms with Crippen molar-refractivity contribution < 1.29 is 0 Å².